The van der Waals surface area contributed by atoms with Gasteiger partial charge in [-0.05, 0) is 30.3 Å². The average Bonchev–Trinajstić information content (AvgIpc) is 2.40. The number of carbonyl (C=O) groups excluding carboxylic acids is 1. The Bertz CT molecular complexity index is 790. The third kappa shape index (κ3) is 3.93. The smallest absolute Gasteiger partial charge is 0.258 e. The van der Waals surface area contributed by atoms with Gasteiger partial charge in [0.15, 0.2) is 9.84 Å². The Balaban J connectivity index is 2.32. The van der Waals surface area contributed by atoms with Gasteiger partial charge in [0.2, 0.25) is 0 Å². The second kappa shape index (κ2) is 6.01. The topological polar surface area (TPSA) is 76.1 Å². The molecule has 0 radical (unpaired) electrons. The molecule has 0 saturated carbocycles. The maximum atomic E-state index is 12.1. The Kier molecular flexibility index (Phi) is 4.51. The lowest BCUT2D eigenvalue weighted by Gasteiger charge is -2.07. The van der Waals surface area contributed by atoms with Crippen molar-refractivity contribution in [1.82, 2.24) is 4.98 Å². The van der Waals surface area contributed by atoms with Gasteiger partial charge < -0.3 is 5.32 Å². The summed E-state index contributed by atoms with van der Waals surface area (Å²) in [6.45, 7) is 0. The zero-order valence-corrected chi connectivity index (χ0v) is 13.1. The second-order valence-electron chi connectivity index (χ2n) is 4.23. The Morgan fingerprint density at radius 1 is 1.19 bits per heavy atom. The first-order valence-corrected chi connectivity index (χ1v) is 8.34. The Morgan fingerprint density at radius 2 is 1.90 bits per heavy atom. The molecule has 0 bridgehead atoms. The molecule has 8 heteroatoms. The van der Waals surface area contributed by atoms with Crippen LogP contribution in [0.2, 0.25) is 10.0 Å². The van der Waals surface area contributed by atoms with Gasteiger partial charge >= 0.3 is 0 Å². The Labute approximate surface area is 131 Å². The van der Waals surface area contributed by atoms with Crippen LogP contribution in [-0.2, 0) is 9.84 Å². The predicted octanol–water partition coefficient (Wildman–Crippen LogP) is 3.04. The summed E-state index contributed by atoms with van der Waals surface area (Å²) in [4.78, 5) is 16.1. The average molecular weight is 345 g/mol. The number of aromatic nitrogens is 1. The number of carbonyl (C=O) groups is 1. The van der Waals surface area contributed by atoms with Crippen LogP contribution in [0.3, 0.4) is 0 Å². The molecule has 5 nitrogen and oxygen atoms in total. The van der Waals surface area contributed by atoms with Gasteiger partial charge in [-0.15, -0.1) is 0 Å². The van der Waals surface area contributed by atoms with E-state index in [-0.39, 0.29) is 21.3 Å². The molecule has 0 unspecified atom stereocenters. The molecule has 0 spiro atoms. The van der Waals surface area contributed by atoms with Crippen molar-refractivity contribution in [2.75, 3.05) is 11.6 Å². The molecule has 1 aromatic heterocycles. The number of anilines is 1. The standard InChI is InChI=1S/C13H10Cl2N2O3S/c1-21(19,20)9-3-4-11(15)10(6-9)13(18)17-12-5-2-8(14)7-16-12/h2-7H,1H3,(H,16,17,18). The summed E-state index contributed by atoms with van der Waals surface area (Å²) in [6.07, 6.45) is 2.43. The van der Waals surface area contributed by atoms with Crippen molar-refractivity contribution in [2.45, 2.75) is 4.90 Å². The number of hydrogen-bond donors (Lipinski definition) is 1. The van der Waals surface area contributed by atoms with E-state index in [2.05, 4.69) is 10.3 Å². The first-order valence-electron chi connectivity index (χ1n) is 5.70. The van der Waals surface area contributed by atoms with Crippen molar-refractivity contribution in [1.29, 1.82) is 0 Å². The molecule has 0 aliphatic rings. The molecule has 1 N–H and O–H groups in total. The van der Waals surface area contributed by atoms with E-state index in [9.17, 15) is 13.2 Å². The summed E-state index contributed by atoms with van der Waals surface area (Å²) in [7, 11) is -3.43. The van der Waals surface area contributed by atoms with E-state index in [4.69, 9.17) is 23.2 Å². The van der Waals surface area contributed by atoms with E-state index >= 15 is 0 Å². The highest BCUT2D eigenvalue weighted by atomic mass is 35.5. The highest BCUT2D eigenvalue weighted by Crippen LogP contribution is 2.21. The first kappa shape index (κ1) is 15.8. The van der Waals surface area contributed by atoms with Crippen LogP contribution in [0.4, 0.5) is 5.82 Å². The van der Waals surface area contributed by atoms with Crippen molar-refractivity contribution in [3.05, 3.63) is 52.1 Å². The minimum atomic E-state index is -3.43. The van der Waals surface area contributed by atoms with Crippen molar-refractivity contribution < 1.29 is 13.2 Å². The number of pyridine rings is 1. The van der Waals surface area contributed by atoms with Crippen molar-refractivity contribution >= 4 is 44.8 Å². The van der Waals surface area contributed by atoms with Crippen LogP contribution in [-0.4, -0.2) is 25.6 Å². The fraction of sp³-hybridized carbons (Fsp3) is 0.0769. The van der Waals surface area contributed by atoms with Crippen LogP contribution in [0.5, 0.6) is 0 Å². The SMILES string of the molecule is CS(=O)(=O)c1ccc(Cl)c(C(=O)Nc2ccc(Cl)cn2)c1. The summed E-state index contributed by atoms with van der Waals surface area (Å²) in [6, 6.07) is 7.02. The Hall–Kier alpha value is -1.63. The summed E-state index contributed by atoms with van der Waals surface area (Å²) in [5, 5.41) is 3.10. The van der Waals surface area contributed by atoms with Crippen molar-refractivity contribution in [3.63, 3.8) is 0 Å². The molecule has 1 aromatic carbocycles. The minimum Gasteiger partial charge on any atom is -0.307 e. The van der Waals surface area contributed by atoms with Crippen LogP contribution in [0.1, 0.15) is 10.4 Å². The van der Waals surface area contributed by atoms with Crippen LogP contribution < -0.4 is 5.32 Å². The minimum absolute atomic E-state index is 0.0149. The molecule has 0 aliphatic carbocycles. The fourth-order valence-electron chi connectivity index (χ4n) is 1.54. The quantitative estimate of drug-likeness (QED) is 0.928. The third-order valence-electron chi connectivity index (χ3n) is 2.58. The summed E-state index contributed by atoms with van der Waals surface area (Å²) in [5.41, 5.74) is 0.0522. The molecule has 110 valence electrons. The van der Waals surface area contributed by atoms with Gasteiger partial charge in [0.25, 0.3) is 5.91 Å². The fourth-order valence-corrected chi connectivity index (χ4v) is 2.50. The summed E-state index contributed by atoms with van der Waals surface area (Å²) in [5.74, 6) is -0.273. The van der Waals surface area contributed by atoms with Crippen LogP contribution >= 0.6 is 23.2 Å². The molecule has 0 atom stereocenters. The monoisotopic (exact) mass is 344 g/mol. The number of halogens is 2. The highest BCUT2D eigenvalue weighted by molar-refractivity contribution is 7.90. The molecule has 21 heavy (non-hydrogen) atoms. The zero-order valence-electron chi connectivity index (χ0n) is 10.8. The predicted molar refractivity (Wildman–Crippen MR) is 81.8 cm³/mol. The maximum Gasteiger partial charge on any atom is 0.258 e. The number of hydrogen-bond acceptors (Lipinski definition) is 4. The van der Waals surface area contributed by atoms with E-state index in [1.54, 1.807) is 6.07 Å². The van der Waals surface area contributed by atoms with Gasteiger partial charge in [-0.25, -0.2) is 13.4 Å². The molecular formula is C13H10Cl2N2O3S. The molecular weight excluding hydrogens is 335 g/mol. The molecule has 1 amide bonds. The van der Waals surface area contributed by atoms with Crippen LogP contribution in [0.25, 0.3) is 0 Å². The largest absolute Gasteiger partial charge is 0.307 e. The van der Waals surface area contributed by atoms with E-state index in [0.717, 1.165) is 6.26 Å². The lowest BCUT2D eigenvalue weighted by molar-refractivity contribution is 0.102. The maximum absolute atomic E-state index is 12.1. The summed E-state index contributed by atoms with van der Waals surface area (Å²) >= 11 is 11.6. The number of benzene rings is 1. The summed E-state index contributed by atoms with van der Waals surface area (Å²) < 4.78 is 23.0. The number of nitrogens with zero attached hydrogens (tertiary/aromatic N) is 1. The van der Waals surface area contributed by atoms with Crippen LogP contribution in [0, 0.1) is 0 Å². The van der Waals surface area contributed by atoms with E-state index in [1.165, 1.54) is 30.5 Å². The first-order chi connectivity index (χ1) is 9.77. The molecule has 2 rings (SSSR count). The molecule has 0 aliphatic heterocycles. The second-order valence-corrected chi connectivity index (χ2v) is 7.09. The lowest BCUT2D eigenvalue weighted by Crippen LogP contribution is -2.14. The number of nitrogens with one attached hydrogen (secondary N) is 1. The van der Waals surface area contributed by atoms with Gasteiger partial charge in [0.05, 0.1) is 20.5 Å². The van der Waals surface area contributed by atoms with Crippen LogP contribution in [0.15, 0.2) is 41.4 Å². The van der Waals surface area contributed by atoms with Crippen molar-refractivity contribution in [2.24, 2.45) is 0 Å². The van der Waals surface area contributed by atoms with Gasteiger partial charge in [-0.2, -0.15) is 0 Å². The molecule has 1 heterocycles. The number of rotatable bonds is 3. The lowest BCUT2D eigenvalue weighted by atomic mass is 10.2. The van der Waals surface area contributed by atoms with Gasteiger partial charge in [0.1, 0.15) is 5.82 Å². The van der Waals surface area contributed by atoms with E-state index < -0.39 is 15.7 Å². The third-order valence-corrected chi connectivity index (χ3v) is 4.24. The molecule has 0 fully saturated rings. The van der Waals surface area contributed by atoms with Gasteiger partial charge in [0, 0.05) is 12.5 Å². The van der Waals surface area contributed by atoms with E-state index in [0.29, 0.717) is 5.02 Å². The van der Waals surface area contributed by atoms with Crippen molar-refractivity contribution in [3.8, 4) is 0 Å². The van der Waals surface area contributed by atoms with E-state index in [1.807, 2.05) is 0 Å². The number of amides is 1. The number of sulfone groups is 1. The Morgan fingerprint density at radius 3 is 2.48 bits per heavy atom. The highest BCUT2D eigenvalue weighted by Gasteiger charge is 2.16. The normalized spacial score (nSPS) is 11.2. The molecule has 0 saturated heterocycles. The molecule has 2 aromatic rings. The zero-order chi connectivity index (χ0) is 15.6. The van der Waals surface area contributed by atoms with Gasteiger partial charge in [-0.3, -0.25) is 4.79 Å². The van der Waals surface area contributed by atoms with Gasteiger partial charge in [-0.1, -0.05) is 23.2 Å².